The van der Waals surface area contributed by atoms with E-state index < -0.39 is 0 Å². The molecule has 19 heavy (non-hydrogen) atoms. The predicted octanol–water partition coefficient (Wildman–Crippen LogP) is 3.28. The molecule has 1 saturated carbocycles. The van der Waals surface area contributed by atoms with E-state index in [1.165, 1.54) is 57.4 Å². The van der Waals surface area contributed by atoms with Crippen LogP contribution in [0, 0.1) is 11.8 Å². The van der Waals surface area contributed by atoms with Crippen molar-refractivity contribution < 1.29 is 0 Å². The van der Waals surface area contributed by atoms with Gasteiger partial charge in [-0.25, -0.2) is 0 Å². The monoisotopic (exact) mass is 256 g/mol. The quantitative estimate of drug-likeness (QED) is 0.873. The van der Waals surface area contributed by atoms with Gasteiger partial charge in [-0.3, -0.25) is 4.90 Å². The first-order chi connectivity index (χ1) is 9.40. The summed E-state index contributed by atoms with van der Waals surface area (Å²) in [5.41, 5.74) is 4.55. The minimum absolute atomic E-state index is 1.01. The Morgan fingerprint density at radius 2 is 1.95 bits per heavy atom. The normalized spacial score (nSPS) is 29.9. The van der Waals surface area contributed by atoms with E-state index in [1.807, 2.05) is 0 Å². The number of nitrogens with zero attached hydrogens (tertiary/aromatic N) is 1. The van der Waals surface area contributed by atoms with E-state index in [0.29, 0.717) is 0 Å². The Hall–Kier alpha value is -1.02. The number of hydrogen-bond donors (Lipinski definition) is 1. The van der Waals surface area contributed by atoms with Gasteiger partial charge < -0.3 is 5.32 Å². The summed E-state index contributed by atoms with van der Waals surface area (Å²) in [7, 11) is 0. The molecule has 2 fully saturated rings. The van der Waals surface area contributed by atoms with Gasteiger partial charge in [-0.05, 0) is 54.7 Å². The smallest absolute Gasteiger partial charge is 0.0375 e. The lowest BCUT2D eigenvalue weighted by Crippen LogP contribution is -2.23. The van der Waals surface area contributed by atoms with Crippen LogP contribution in [0.5, 0.6) is 0 Å². The van der Waals surface area contributed by atoms with Gasteiger partial charge in [0.05, 0.1) is 0 Å². The van der Waals surface area contributed by atoms with Crippen LogP contribution in [0.1, 0.15) is 36.8 Å². The first-order valence-corrected chi connectivity index (χ1v) is 7.97. The van der Waals surface area contributed by atoms with Crippen molar-refractivity contribution in [1.82, 2.24) is 4.90 Å². The Balaban J connectivity index is 1.51. The highest BCUT2D eigenvalue weighted by Crippen LogP contribution is 2.38. The maximum absolute atomic E-state index is 3.55. The summed E-state index contributed by atoms with van der Waals surface area (Å²) in [6, 6.07) is 6.82. The molecule has 2 heteroatoms. The molecule has 1 aromatic rings. The van der Waals surface area contributed by atoms with Crippen molar-refractivity contribution in [1.29, 1.82) is 0 Å². The molecule has 0 aromatic heterocycles. The molecule has 0 spiro atoms. The van der Waals surface area contributed by atoms with Crippen LogP contribution >= 0.6 is 0 Å². The average Bonchev–Trinajstić information content (AvgIpc) is 3.00. The van der Waals surface area contributed by atoms with Crippen molar-refractivity contribution in [3.8, 4) is 0 Å². The van der Waals surface area contributed by atoms with Gasteiger partial charge in [-0.1, -0.05) is 18.6 Å². The first kappa shape index (κ1) is 11.8. The lowest BCUT2D eigenvalue weighted by atomic mass is 9.97. The summed E-state index contributed by atoms with van der Waals surface area (Å²) >= 11 is 0. The molecular weight excluding hydrogens is 232 g/mol. The van der Waals surface area contributed by atoms with Gasteiger partial charge in [0.2, 0.25) is 0 Å². The molecular formula is C17H24N2. The second-order valence-corrected chi connectivity index (χ2v) is 6.62. The van der Waals surface area contributed by atoms with Crippen molar-refractivity contribution >= 4 is 5.69 Å². The van der Waals surface area contributed by atoms with E-state index in [9.17, 15) is 0 Å². The maximum Gasteiger partial charge on any atom is 0.0375 e. The molecule has 1 aliphatic carbocycles. The fourth-order valence-corrected chi connectivity index (χ4v) is 4.43. The number of fused-ring (bicyclic) bond motifs is 2. The number of benzene rings is 1. The second kappa shape index (κ2) is 4.82. The molecule has 2 aliphatic heterocycles. The van der Waals surface area contributed by atoms with Crippen molar-refractivity contribution in [3.05, 3.63) is 29.3 Å². The standard InChI is InChI=1S/C17H24N2/c1-4-13-10-19(11-14(13)5-1)12-15-6-2-8-17-16(15)7-3-9-18-17/h2,6,8,13-14,18H,1,3-5,7,9-12H2. The lowest BCUT2D eigenvalue weighted by Gasteiger charge is -2.24. The number of hydrogen-bond acceptors (Lipinski definition) is 2. The fourth-order valence-electron chi connectivity index (χ4n) is 4.43. The highest BCUT2D eigenvalue weighted by atomic mass is 15.2. The van der Waals surface area contributed by atoms with Gasteiger partial charge in [0.1, 0.15) is 0 Å². The third kappa shape index (κ3) is 2.16. The third-order valence-electron chi connectivity index (χ3n) is 5.39. The minimum atomic E-state index is 1.01. The summed E-state index contributed by atoms with van der Waals surface area (Å²) in [6.45, 7) is 5.02. The highest BCUT2D eigenvalue weighted by molar-refractivity contribution is 5.56. The zero-order valence-corrected chi connectivity index (χ0v) is 11.7. The van der Waals surface area contributed by atoms with Crippen LogP contribution in [-0.2, 0) is 13.0 Å². The van der Waals surface area contributed by atoms with E-state index in [4.69, 9.17) is 0 Å². The van der Waals surface area contributed by atoms with E-state index in [1.54, 1.807) is 11.1 Å². The molecule has 2 atom stereocenters. The van der Waals surface area contributed by atoms with Crippen molar-refractivity contribution in [2.24, 2.45) is 11.8 Å². The van der Waals surface area contributed by atoms with E-state index in [2.05, 4.69) is 28.4 Å². The second-order valence-electron chi connectivity index (χ2n) is 6.62. The van der Waals surface area contributed by atoms with Crippen LogP contribution in [0.25, 0.3) is 0 Å². The largest absolute Gasteiger partial charge is 0.385 e. The fraction of sp³-hybridized carbons (Fsp3) is 0.647. The van der Waals surface area contributed by atoms with Crippen molar-refractivity contribution in [3.63, 3.8) is 0 Å². The molecule has 0 bridgehead atoms. The number of nitrogens with one attached hydrogen (secondary N) is 1. The maximum atomic E-state index is 3.55. The third-order valence-corrected chi connectivity index (χ3v) is 5.39. The minimum Gasteiger partial charge on any atom is -0.385 e. The van der Waals surface area contributed by atoms with Gasteiger partial charge >= 0.3 is 0 Å². The molecule has 2 unspecified atom stereocenters. The number of likely N-dealkylation sites (tertiary alicyclic amines) is 1. The Morgan fingerprint density at radius 1 is 1.11 bits per heavy atom. The van der Waals surface area contributed by atoms with E-state index in [0.717, 1.165) is 18.4 Å². The van der Waals surface area contributed by atoms with Crippen molar-refractivity contribution in [2.75, 3.05) is 25.0 Å². The summed E-state index contributed by atoms with van der Waals surface area (Å²) in [5.74, 6) is 2.02. The van der Waals surface area contributed by atoms with Gasteiger partial charge in [0.25, 0.3) is 0 Å². The van der Waals surface area contributed by atoms with Crippen LogP contribution < -0.4 is 5.32 Å². The van der Waals surface area contributed by atoms with Crippen LogP contribution in [-0.4, -0.2) is 24.5 Å². The SMILES string of the molecule is c1cc(CN2CC3CCCC3C2)c2c(c1)NCCC2. The molecule has 4 rings (SSSR count). The Bertz CT molecular complexity index is 456. The summed E-state index contributed by atoms with van der Waals surface area (Å²) in [4.78, 5) is 2.71. The van der Waals surface area contributed by atoms with Crippen molar-refractivity contribution in [2.45, 2.75) is 38.6 Å². The molecule has 102 valence electrons. The van der Waals surface area contributed by atoms with E-state index in [-0.39, 0.29) is 0 Å². The van der Waals surface area contributed by atoms with Gasteiger partial charge in [0.15, 0.2) is 0 Å². The van der Waals surface area contributed by atoms with Gasteiger partial charge in [-0.2, -0.15) is 0 Å². The zero-order chi connectivity index (χ0) is 12.7. The number of rotatable bonds is 2. The Morgan fingerprint density at radius 3 is 2.79 bits per heavy atom. The van der Waals surface area contributed by atoms with Crippen LogP contribution in [0.3, 0.4) is 0 Å². The summed E-state index contributed by atoms with van der Waals surface area (Å²) in [5, 5.41) is 3.55. The first-order valence-electron chi connectivity index (χ1n) is 7.97. The molecule has 1 aromatic carbocycles. The Labute approximate surface area is 116 Å². The van der Waals surface area contributed by atoms with E-state index >= 15 is 0 Å². The number of anilines is 1. The van der Waals surface area contributed by atoms with Crippen LogP contribution in [0.15, 0.2) is 18.2 Å². The molecule has 0 radical (unpaired) electrons. The molecule has 3 aliphatic rings. The van der Waals surface area contributed by atoms with Crippen LogP contribution in [0.2, 0.25) is 0 Å². The molecule has 1 N–H and O–H groups in total. The molecule has 0 amide bonds. The highest BCUT2D eigenvalue weighted by Gasteiger charge is 2.35. The summed E-state index contributed by atoms with van der Waals surface area (Å²) < 4.78 is 0. The van der Waals surface area contributed by atoms with Gasteiger partial charge in [0, 0.05) is 31.9 Å². The molecule has 2 nitrogen and oxygen atoms in total. The Kier molecular flexibility index (Phi) is 2.99. The zero-order valence-electron chi connectivity index (χ0n) is 11.7. The van der Waals surface area contributed by atoms with Gasteiger partial charge in [-0.15, -0.1) is 0 Å². The average molecular weight is 256 g/mol. The summed E-state index contributed by atoms with van der Waals surface area (Å²) in [6.07, 6.45) is 6.99. The predicted molar refractivity (Wildman–Crippen MR) is 79.4 cm³/mol. The van der Waals surface area contributed by atoms with Crippen LogP contribution in [0.4, 0.5) is 5.69 Å². The molecule has 2 heterocycles. The lowest BCUT2D eigenvalue weighted by molar-refractivity contribution is 0.302. The topological polar surface area (TPSA) is 15.3 Å². The molecule has 1 saturated heterocycles.